The maximum atomic E-state index is 11.8. The average molecular weight is 281 g/mol. The molecule has 0 bridgehead atoms. The van der Waals surface area contributed by atoms with Gasteiger partial charge in [0.05, 0.1) is 6.10 Å². The van der Waals surface area contributed by atoms with E-state index in [-0.39, 0.29) is 18.6 Å². The second kappa shape index (κ2) is 6.87. The highest BCUT2D eigenvalue weighted by atomic mass is 16.5. The second-order valence-corrected chi connectivity index (χ2v) is 6.45. The van der Waals surface area contributed by atoms with Crippen molar-refractivity contribution in [2.45, 2.75) is 44.2 Å². The number of likely N-dealkylation sites (tertiary alicyclic amines) is 1. The first kappa shape index (κ1) is 14.3. The third-order valence-electron chi connectivity index (χ3n) is 4.70. The summed E-state index contributed by atoms with van der Waals surface area (Å²) in [5, 5.41) is 6.34. The molecule has 3 aliphatic rings. The lowest BCUT2D eigenvalue weighted by atomic mass is 10.1. The van der Waals surface area contributed by atoms with Gasteiger partial charge in [-0.1, -0.05) is 0 Å². The Morgan fingerprint density at radius 1 is 1.20 bits per heavy atom. The molecule has 2 N–H and O–H groups in total. The second-order valence-electron chi connectivity index (χ2n) is 6.45. The Bertz CT molecular complexity index is 327. The summed E-state index contributed by atoms with van der Waals surface area (Å²) in [5.41, 5.74) is 0. The van der Waals surface area contributed by atoms with E-state index in [2.05, 4.69) is 15.5 Å². The third kappa shape index (κ3) is 4.17. The number of nitrogens with zero attached hydrogens (tertiary/aromatic N) is 1. The Labute approximate surface area is 121 Å². The van der Waals surface area contributed by atoms with E-state index in [1.165, 1.54) is 32.4 Å². The zero-order valence-corrected chi connectivity index (χ0v) is 12.3. The zero-order chi connectivity index (χ0) is 13.8. The molecule has 1 amide bonds. The normalized spacial score (nSPS) is 28.7. The summed E-state index contributed by atoms with van der Waals surface area (Å²) in [4.78, 5) is 14.4. The molecule has 1 saturated carbocycles. The van der Waals surface area contributed by atoms with Crippen LogP contribution in [0.5, 0.6) is 0 Å². The van der Waals surface area contributed by atoms with Crippen molar-refractivity contribution in [2.24, 2.45) is 5.92 Å². The number of carbonyl (C=O) groups is 1. The Morgan fingerprint density at radius 3 is 2.75 bits per heavy atom. The van der Waals surface area contributed by atoms with Gasteiger partial charge in [0.15, 0.2) is 0 Å². The number of ether oxygens (including phenoxy) is 1. The molecular weight excluding hydrogens is 254 g/mol. The van der Waals surface area contributed by atoms with Crippen LogP contribution in [0, 0.1) is 5.92 Å². The van der Waals surface area contributed by atoms with Crippen LogP contribution in [0.15, 0.2) is 0 Å². The van der Waals surface area contributed by atoms with Gasteiger partial charge < -0.3 is 20.3 Å². The highest BCUT2D eigenvalue weighted by Crippen LogP contribution is 2.31. The van der Waals surface area contributed by atoms with E-state index >= 15 is 0 Å². The standard InChI is InChI=1S/C15H27N3O2/c19-15(11-20-14-3-6-16-7-4-14)17-9-12-5-8-18(10-12)13-1-2-13/h12-14,16H,1-11H2,(H,17,19). The smallest absolute Gasteiger partial charge is 0.246 e. The summed E-state index contributed by atoms with van der Waals surface area (Å²) in [6.07, 6.45) is 6.29. The van der Waals surface area contributed by atoms with Crippen molar-refractivity contribution in [1.82, 2.24) is 15.5 Å². The Hall–Kier alpha value is -0.650. The van der Waals surface area contributed by atoms with E-state index in [4.69, 9.17) is 4.74 Å². The van der Waals surface area contributed by atoms with Crippen LogP contribution in [0.1, 0.15) is 32.1 Å². The van der Waals surface area contributed by atoms with E-state index in [9.17, 15) is 4.79 Å². The number of hydrogen-bond donors (Lipinski definition) is 2. The molecule has 114 valence electrons. The minimum atomic E-state index is 0.0494. The molecule has 2 saturated heterocycles. The predicted octanol–water partition coefficient (Wildman–Crippen LogP) is 0.356. The quantitative estimate of drug-likeness (QED) is 0.738. The monoisotopic (exact) mass is 281 g/mol. The van der Waals surface area contributed by atoms with Crippen LogP contribution in [-0.4, -0.2) is 62.3 Å². The largest absolute Gasteiger partial charge is 0.368 e. The topological polar surface area (TPSA) is 53.6 Å². The van der Waals surface area contributed by atoms with Gasteiger partial charge in [0, 0.05) is 19.1 Å². The van der Waals surface area contributed by atoms with Crippen LogP contribution >= 0.6 is 0 Å². The van der Waals surface area contributed by atoms with Crippen molar-refractivity contribution < 1.29 is 9.53 Å². The highest BCUT2D eigenvalue weighted by molar-refractivity contribution is 5.77. The molecule has 3 fully saturated rings. The number of carbonyl (C=O) groups excluding carboxylic acids is 1. The molecule has 0 aromatic rings. The summed E-state index contributed by atoms with van der Waals surface area (Å²) in [7, 11) is 0. The lowest BCUT2D eigenvalue weighted by Gasteiger charge is -2.22. The molecule has 1 unspecified atom stereocenters. The number of nitrogens with one attached hydrogen (secondary N) is 2. The lowest BCUT2D eigenvalue weighted by molar-refractivity contribution is -0.128. The third-order valence-corrected chi connectivity index (χ3v) is 4.70. The van der Waals surface area contributed by atoms with Gasteiger partial charge in [-0.05, 0) is 57.7 Å². The molecule has 20 heavy (non-hydrogen) atoms. The summed E-state index contributed by atoms with van der Waals surface area (Å²) >= 11 is 0. The maximum absolute atomic E-state index is 11.8. The minimum Gasteiger partial charge on any atom is -0.368 e. The molecule has 5 nitrogen and oxygen atoms in total. The van der Waals surface area contributed by atoms with Gasteiger partial charge in [-0.3, -0.25) is 4.79 Å². The van der Waals surface area contributed by atoms with Crippen LogP contribution in [0.4, 0.5) is 0 Å². The number of amides is 1. The van der Waals surface area contributed by atoms with E-state index in [0.717, 1.165) is 38.5 Å². The molecule has 1 atom stereocenters. The van der Waals surface area contributed by atoms with Crippen LogP contribution in [0.25, 0.3) is 0 Å². The molecule has 5 heteroatoms. The molecular formula is C15H27N3O2. The van der Waals surface area contributed by atoms with Gasteiger partial charge in [-0.15, -0.1) is 0 Å². The molecule has 0 radical (unpaired) electrons. The fourth-order valence-corrected chi connectivity index (χ4v) is 3.27. The zero-order valence-electron chi connectivity index (χ0n) is 12.3. The maximum Gasteiger partial charge on any atom is 0.246 e. The van der Waals surface area contributed by atoms with Gasteiger partial charge >= 0.3 is 0 Å². The average Bonchev–Trinajstić information content (AvgIpc) is 3.23. The molecule has 0 spiro atoms. The number of piperidine rings is 1. The molecule has 3 rings (SSSR count). The molecule has 2 heterocycles. The summed E-state index contributed by atoms with van der Waals surface area (Å²) < 4.78 is 5.67. The molecule has 2 aliphatic heterocycles. The van der Waals surface area contributed by atoms with Gasteiger partial charge in [-0.25, -0.2) is 0 Å². The number of hydrogen-bond acceptors (Lipinski definition) is 4. The van der Waals surface area contributed by atoms with Gasteiger partial charge in [-0.2, -0.15) is 0 Å². The van der Waals surface area contributed by atoms with E-state index in [0.29, 0.717) is 5.92 Å². The molecule has 0 aromatic heterocycles. The van der Waals surface area contributed by atoms with Crippen molar-refractivity contribution in [3.05, 3.63) is 0 Å². The Morgan fingerprint density at radius 2 is 2.00 bits per heavy atom. The summed E-state index contributed by atoms with van der Waals surface area (Å²) in [6, 6.07) is 0.860. The van der Waals surface area contributed by atoms with Crippen LogP contribution in [0.3, 0.4) is 0 Å². The van der Waals surface area contributed by atoms with Crippen molar-refractivity contribution >= 4 is 5.91 Å². The van der Waals surface area contributed by atoms with Gasteiger partial charge in [0.2, 0.25) is 5.91 Å². The first-order chi connectivity index (χ1) is 9.81. The fraction of sp³-hybridized carbons (Fsp3) is 0.933. The Balaban J connectivity index is 1.27. The predicted molar refractivity (Wildman–Crippen MR) is 77.6 cm³/mol. The summed E-state index contributed by atoms with van der Waals surface area (Å²) in [5.74, 6) is 0.687. The van der Waals surface area contributed by atoms with Crippen molar-refractivity contribution in [3.8, 4) is 0 Å². The van der Waals surface area contributed by atoms with Crippen molar-refractivity contribution in [2.75, 3.05) is 39.3 Å². The fourth-order valence-electron chi connectivity index (χ4n) is 3.27. The van der Waals surface area contributed by atoms with E-state index in [1.807, 2.05) is 0 Å². The lowest BCUT2D eigenvalue weighted by Crippen LogP contribution is -2.37. The highest BCUT2D eigenvalue weighted by Gasteiger charge is 2.34. The van der Waals surface area contributed by atoms with Gasteiger partial charge in [0.1, 0.15) is 6.61 Å². The first-order valence-corrected chi connectivity index (χ1v) is 8.14. The molecule has 0 aromatic carbocycles. The Kier molecular flexibility index (Phi) is 4.91. The van der Waals surface area contributed by atoms with E-state index in [1.54, 1.807) is 0 Å². The SMILES string of the molecule is O=C(COC1CCNCC1)NCC1CCN(C2CC2)C1. The van der Waals surface area contributed by atoms with Crippen molar-refractivity contribution in [3.63, 3.8) is 0 Å². The van der Waals surface area contributed by atoms with Crippen LogP contribution in [-0.2, 0) is 9.53 Å². The van der Waals surface area contributed by atoms with Crippen molar-refractivity contribution in [1.29, 1.82) is 0 Å². The van der Waals surface area contributed by atoms with Crippen LogP contribution < -0.4 is 10.6 Å². The van der Waals surface area contributed by atoms with Gasteiger partial charge in [0.25, 0.3) is 0 Å². The molecule has 1 aliphatic carbocycles. The number of rotatable bonds is 6. The van der Waals surface area contributed by atoms with E-state index < -0.39 is 0 Å². The summed E-state index contributed by atoms with van der Waals surface area (Å²) in [6.45, 7) is 5.44. The first-order valence-electron chi connectivity index (χ1n) is 8.14. The van der Waals surface area contributed by atoms with Crippen LogP contribution in [0.2, 0.25) is 0 Å². The minimum absolute atomic E-state index is 0.0494.